The number of nitrogens with zero attached hydrogens (tertiary/aromatic N) is 2. The molecule has 0 spiro atoms. The second kappa shape index (κ2) is 5.02. The summed E-state index contributed by atoms with van der Waals surface area (Å²) in [6, 6.07) is 1.68. The summed E-state index contributed by atoms with van der Waals surface area (Å²) in [4.78, 5) is 35.4. The standard InChI is InChI=1S/C11H9N3O4S/c1-14-6(4-5-12-14)2-3-7(15)8-9(16)13-11(18)19-10(8)17/h2-5,17H,1H3,(H,13,16,18)/b3-2+. The number of H-pyrrole nitrogens is 1. The number of nitrogens with one attached hydrogen (secondary N) is 1. The molecule has 2 aromatic rings. The molecule has 7 nitrogen and oxygen atoms in total. The molecule has 98 valence electrons. The van der Waals surface area contributed by atoms with Gasteiger partial charge in [0.15, 0.2) is 10.8 Å². The van der Waals surface area contributed by atoms with Crippen LogP contribution in [0.25, 0.3) is 6.08 Å². The van der Waals surface area contributed by atoms with Gasteiger partial charge in [-0.05, 0) is 29.6 Å². The Kier molecular flexibility index (Phi) is 3.43. The number of aromatic amines is 1. The van der Waals surface area contributed by atoms with Crippen molar-refractivity contribution in [2.24, 2.45) is 7.05 Å². The van der Waals surface area contributed by atoms with E-state index in [0.29, 0.717) is 17.0 Å². The van der Waals surface area contributed by atoms with Gasteiger partial charge in [-0.3, -0.25) is 24.0 Å². The Balaban J connectivity index is 2.36. The molecule has 0 saturated heterocycles. The van der Waals surface area contributed by atoms with Gasteiger partial charge in [0.05, 0.1) is 5.69 Å². The lowest BCUT2D eigenvalue weighted by Gasteiger charge is -1.97. The van der Waals surface area contributed by atoms with Crippen LogP contribution in [0.1, 0.15) is 16.1 Å². The predicted molar refractivity (Wildman–Crippen MR) is 69.4 cm³/mol. The number of carbonyl (C=O) groups excluding carboxylic acids is 1. The maximum atomic E-state index is 11.8. The number of carbonyl (C=O) groups is 1. The number of hydrogen-bond acceptors (Lipinski definition) is 6. The van der Waals surface area contributed by atoms with Gasteiger partial charge in [0, 0.05) is 13.2 Å². The molecule has 0 saturated carbocycles. The minimum atomic E-state index is -0.902. The summed E-state index contributed by atoms with van der Waals surface area (Å²) in [6.45, 7) is 0. The summed E-state index contributed by atoms with van der Waals surface area (Å²) in [5, 5.41) is 12.8. The highest BCUT2D eigenvalue weighted by atomic mass is 32.1. The molecule has 0 aromatic carbocycles. The van der Waals surface area contributed by atoms with E-state index in [-0.39, 0.29) is 0 Å². The maximum absolute atomic E-state index is 11.8. The second-order valence-electron chi connectivity index (χ2n) is 3.60. The van der Waals surface area contributed by atoms with Crippen molar-refractivity contribution in [3.05, 3.63) is 49.6 Å². The first kappa shape index (κ1) is 13.0. The van der Waals surface area contributed by atoms with Crippen LogP contribution >= 0.6 is 11.3 Å². The van der Waals surface area contributed by atoms with E-state index in [1.165, 1.54) is 10.8 Å². The molecule has 0 bridgehead atoms. The van der Waals surface area contributed by atoms with Crippen molar-refractivity contribution in [1.82, 2.24) is 14.8 Å². The Morgan fingerprint density at radius 2 is 2.26 bits per heavy atom. The summed E-state index contributed by atoms with van der Waals surface area (Å²) < 4.78 is 1.54. The normalized spacial score (nSPS) is 11.0. The smallest absolute Gasteiger partial charge is 0.310 e. The van der Waals surface area contributed by atoms with E-state index >= 15 is 0 Å². The molecule has 2 N–H and O–H groups in total. The molecule has 2 aromatic heterocycles. The van der Waals surface area contributed by atoms with E-state index in [1.54, 1.807) is 19.3 Å². The zero-order chi connectivity index (χ0) is 14.0. The zero-order valence-electron chi connectivity index (χ0n) is 9.78. The van der Waals surface area contributed by atoms with E-state index < -0.39 is 26.8 Å². The van der Waals surface area contributed by atoms with Gasteiger partial charge in [0.25, 0.3) is 5.56 Å². The number of rotatable bonds is 3. The molecule has 0 amide bonds. The lowest BCUT2D eigenvalue weighted by Crippen LogP contribution is -2.22. The lowest BCUT2D eigenvalue weighted by molar-refractivity contribution is 0.104. The third-order valence-electron chi connectivity index (χ3n) is 2.36. The van der Waals surface area contributed by atoms with E-state index in [4.69, 9.17) is 0 Å². The first-order chi connectivity index (χ1) is 8.99. The van der Waals surface area contributed by atoms with E-state index in [1.807, 2.05) is 4.98 Å². The highest BCUT2D eigenvalue weighted by Gasteiger charge is 2.15. The fourth-order valence-corrected chi connectivity index (χ4v) is 2.04. The highest BCUT2D eigenvalue weighted by molar-refractivity contribution is 7.11. The molecule has 2 rings (SSSR count). The van der Waals surface area contributed by atoms with Crippen LogP contribution in [-0.4, -0.2) is 25.7 Å². The van der Waals surface area contributed by atoms with Crippen LogP contribution in [-0.2, 0) is 7.05 Å². The maximum Gasteiger partial charge on any atom is 0.310 e. The molecular formula is C11H9N3O4S. The van der Waals surface area contributed by atoms with Gasteiger partial charge >= 0.3 is 4.87 Å². The monoisotopic (exact) mass is 279 g/mol. The summed E-state index contributed by atoms with van der Waals surface area (Å²) in [7, 11) is 1.70. The zero-order valence-corrected chi connectivity index (χ0v) is 10.6. The number of aromatic hydroxyl groups is 1. The fourth-order valence-electron chi connectivity index (χ4n) is 1.43. The number of aromatic nitrogens is 3. The summed E-state index contributed by atoms with van der Waals surface area (Å²) >= 11 is 0.400. The largest absolute Gasteiger partial charge is 0.499 e. The Morgan fingerprint density at radius 3 is 2.84 bits per heavy atom. The van der Waals surface area contributed by atoms with Crippen molar-refractivity contribution in [2.75, 3.05) is 0 Å². The quantitative estimate of drug-likeness (QED) is 0.614. The molecule has 19 heavy (non-hydrogen) atoms. The molecule has 2 heterocycles. The predicted octanol–water partition coefficient (Wildman–Crippen LogP) is 0.132. The number of allylic oxidation sites excluding steroid dienone is 1. The minimum Gasteiger partial charge on any atom is -0.499 e. The van der Waals surface area contributed by atoms with Crippen LogP contribution in [0.2, 0.25) is 0 Å². The average Bonchev–Trinajstić information content (AvgIpc) is 2.70. The molecular weight excluding hydrogens is 270 g/mol. The van der Waals surface area contributed by atoms with Crippen molar-refractivity contribution in [3.8, 4) is 5.06 Å². The van der Waals surface area contributed by atoms with Crippen LogP contribution < -0.4 is 10.4 Å². The van der Waals surface area contributed by atoms with Gasteiger partial charge in [-0.15, -0.1) is 0 Å². The number of ketones is 1. The number of aryl methyl sites for hydroxylation is 1. The van der Waals surface area contributed by atoms with Gasteiger partial charge < -0.3 is 5.11 Å². The van der Waals surface area contributed by atoms with Gasteiger partial charge in [-0.1, -0.05) is 0 Å². The first-order valence-corrected chi connectivity index (χ1v) is 5.97. The van der Waals surface area contributed by atoms with Gasteiger partial charge in [0.1, 0.15) is 5.56 Å². The Hall–Kier alpha value is -2.48. The van der Waals surface area contributed by atoms with E-state index in [0.717, 1.165) is 6.08 Å². The van der Waals surface area contributed by atoms with Gasteiger partial charge in [0.2, 0.25) is 0 Å². The van der Waals surface area contributed by atoms with Crippen LogP contribution in [0.3, 0.4) is 0 Å². The van der Waals surface area contributed by atoms with Crippen molar-refractivity contribution in [3.63, 3.8) is 0 Å². The van der Waals surface area contributed by atoms with Crippen molar-refractivity contribution in [2.45, 2.75) is 0 Å². The van der Waals surface area contributed by atoms with Gasteiger partial charge in [-0.2, -0.15) is 5.10 Å². The second-order valence-corrected chi connectivity index (χ2v) is 4.56. The minimum absolute atomic E-state index is 0.400. The lowest BCUT2D eigenvalue weighted by atomic mass is 10.2. The fraction of sp³-hybridized carbons (Fsp3) is 0.0909. The van der Waals surface area contributed by atoms with Crippen molar-refractivity contribution >= 4 is 23.2 Å². The molecule has 0 fully saturated rings. The summed E-state index contributed by atoms with van der Waals surface area (Å²) in [5.74, 6) is -0.684. The summed E-state index contributed by atoms with van der Waals surface area (Å²) in [5.41, 5.74) is -0.683. The average molecular weight is 279 g/mol. The van der Waals surface area contributed by atoms with Crippen LogP contribution in [0.15, 0.2) is 27.9 Å². The highest BCUT2D eigenvalue weighted by Crippen LogP contribution is 2.15. The van der Waals surface area contributed by atoms with Crippen LogP contribution in [0, 0.1) is 0 Å². The first-order valence-electron chi connectivity index (χ1n) is 5.16. The van der Waals surface area contributed by atoms with Crippen molar-refractivity contribution < 1.29 is 9.90 Å². The Bertz CT molecular complexity index is 769. The molecule has 0 aliphatic rings. The Morgan fingerprint density at radius 1 is 1.53 bits per heavy atom. The molecule has 0 radical (unpaired) electrons. The SMILES string of the molecule is Cn1nccc1/C=C/C(=O)c1c(O)sc(=O)[nH]c1=O. The Labute approximate surface area is 110 Å². The van der Waals surface area contributed by atoms with Crippen molar-refractivity contribution in [1.29, 1.82) is 0 Å². The topological polar surface area (TPSA) is 105 Å². The van der Waals surface area contributed by atoms with Crippen LogP contribution in [0.4, 0.5) is 0 Å². The van der Waals surface area contributed by atoms with E-state index in [2.05, 4.69) is 5.10 Å². The number of hydrogen-bond donors (Lipinski definition) is 2. The van der Waals surface area contributed by atoms with Gasteiger partial charge in [-0.25, -0.2) is 0 Å². The molecule has 0 unspecified atom stereocenters. The summed E-state index contributed by atoms with van der Waals surface area (Å²) in [6.07, 6.45) is 4.16. The molecule has 0 aliphatic carbocycles. The third-order valence-corrected chi connectivity index (χ3v) is 3.04. The molecule has 8 heteroatoms. The molecule has 0 atom stereocenters. The molecule has 0 aliphatic heterocycles. The van der Waals surface area contributed by atoms with Crippen LogP contribution in [0.5, 0.6) is 5.06 Å². The third kappa shape index (κ3) is 2.68. The van der Waals surface area contributed by atoms with E-state index in [9.17, 15) is 19.5 Å².